The molecule has 0 aliphatic carbocycles. The fourth-order valence-electron chi connectivity index (χ4n) is 0.929. The Kier molecular flexibility index (Phi) is 6.61. The lowest BCUT2D eigenvalue weighted by atomic mass is 10.0. The van der Waals surface area contributed by atoms with Crippen LogP contribution in [-0.4, -0.2) is 37.5 Å². The molecular weight excluding hydrogens is 166 g/mol. The van der Waals surface area contributed by atoms with E-state index in [0.29, 0.717) is 26.0 Å². The van der Waals surface area contributed by atoms with Gasteiger partial charge in [-0.3, -0.25) is 0 Å². The summed E-state index contributed by atoms with van der Waals surface area (Å²) in [6.45, 7) is 3.66. The molecular formula is C10H19NO2. The highest BCUT2D eigenvalue weighted by atomic mass is 16.5. The molecule has 0 amide bonds. The Bertz CT molecular complexity index is 161. The van der Waals surface area contributed by atoms with Crippen LogP contribution in [0.15, 0.2) is 0 Å². The highest BCUT2D eigenvalue weighted by molar-refractivity contribution is 4.85. The Hall–Kier alpha value is -0.560. The highest BCUT2D eigenvalue weighted by Gasteiger charge is 2.18. The molecule has 0 saturated carbocycles. The summed E-state index contributed by atoms with van der Waals surface area (Å²) in [5.74, 6) is 2.53. The van der Waals surface area contributed by atoms with Gasteiger partial charge in [0.1, 0.15) is 0 Å². The summed E-state index contributed by atoms with van der Waals surface area (Å²) >= 11 is 0. The van der Waals surface area contributed by atoms with Gasteiger partial charge in [-0.1, -0.05) is 0 Å². The number of hydrogen-bond donors (Lipinski definition) is 2. The predicted octanol–water partition coefficient (Wildman–Crippen LogP) is 0.387. The Morgan fingerprint density at radius 2 is 2.31 bits per heavy atom. The van der Waals surface area contributed by atoms with E-state index < -0.39 is 5.60 Å². The first-order chi connectivity index (χ1) is 6.12. The smallest absolute Gasteiger partial charge is 0.0765 e. The predicted molar refractivity (Wildman–Crippen MR) is 53.4 cm³/mol. The molecule has 0 radical (unpaired) electrons. The lowest BCUT2D eigenvalue weighted by molar-refractivity contribution is 0.0253. The summed E-state index contributed by atoms with van der Waals surface area (Å²) in [4.78, 5) is 0. The third-order valence-electron chi connectivity index (χ3n) is 1.80. The van der Waals surface area contributed by atoms with Crippen molar-refractivity contribution in [2.75, 3.05) is 26.8 Å². The zero-order valence-electron chi connectivity index (χ0n) is 8.47. The van der Waals surface area contributed by atoms with Crippen molar-refractivity contribution in [2.24, 2.45) is 0 Å². The maximum atomic E-state index is 9.75. The number of terminal acetylenes is 1. The van der Waals surface area contributed by atoms with Crippen LogP contribution in [0.25, 0.3) is 0 Å². The number of ether oxygens (including phenoxy) is 1. The van der Waals surface area contributed by atoms with Crippen molar-refractivity contribution < 1.29 is 9.84 Å². The van der Waals surface area contributed by atoms with Gasteiger partial charge in [-0.15, -0.1) is 12.3 Å². The Morgan fingerprint density at radius 1 is 1.62 bits per heavy atom. The first-order valence-corrected chi connectivity index (χ1v) is 4.48. The molecule has 0 spiro atoms. The highest BCUT2D eigenvalue weighted by Crippen LogP contribution is 2.06. The molecule has 2 N–H and O–H groups in total. The Labute approximate surface area is 80.5 Å². The van der Waals surface area contributed by atoms with E-state index in [1.54, 1.807) is 14.0 Å². The van der Waals surface area contributed by atoms with Gasteiger partial charge in [0.25, 0.3) is 0 Å². The van der Waals surface area contributed by atoms with Gasteiger partial charge < -0.3 is 15.2 Å². The van der Waals surface area contributed by atoms with Crippen LogP contribution in [0.4, 0.5) is 0 Å². The fourth-order valence-corrected chi connectivity index (χ4v) is 0.929. The monoisotopic (exact) mass is 185 g/mol. The van der Waals surface area contributed by atoms with Crippen LogP contribution >= 0.6 is 0 Å². The van der Waals surface area contributed by atoms with Crippen LogP contribution in [0.1, 0.15) is 19.8 Å². The van der Waals surface area contributed by atoms with Gasteiger partial charge in [0.15, 0.2) is 0 Å². The first-order valence-electron chi connectivity index (χ1n) is 4.48. The van der Waals surface area contributed by atoms with Crippen molar-refractivity contribution in [3.63, 3.8) is 0 Å². The third-order valence-corrected chi connectivity index (χ3v) is 1.80. The molecule has 76 valence electrons. The van der Waals surface area contributed by atoms with Crippen molar-refractivity contribution in [3.05, 3.63) is 0 Å². The maximum Gasteiger partial charge on any atom is 0.0765 e. The number of nitrogens with one attached hydrogen (secondary N) is 1. The summed E-state index contributed by atoms with van der Waals surface area (Å²) in [7, 11) is 1.63. The van der Waals surface area contributed by atoms with Gasteiger partial charge in [-0.2, -0.15) is 0 Å². The lowest BCUT2D eigenvalue weighted by Gasteiger charge is -2.23. The molecule has 0 rings (SSSR count). The second-order valence-corrected chi connectivity index (χ2v) is 3.37. The van der Waals surface area contributed by atoms with Crippen molar-refractivity contribution in [1.82, 2.24) is 5.32 Å². The van der Waals surface area contributed by atoms with Gasteiger partial charge in [-0.25, -0.2) is 0 Å². The zero-order valence-corrected chi connectivity index (χ0v) is 8.47. The standard InChI is InChI=1S/C10H19NO2/c1-4-5-7-11-9-10(2,12)6-8-13-3/h1,11-12H,5-9H2,2-3H3. The van der Waals surface area contributed by atoms with E-state index in [9.17, 15) is 5.11 Å². The maximum absolute atomic E-state index is 9.75. The summed E-state index contributed by atoms with van der Waals surface area (Å²) in [6, 6.07) is 0. The van der Waals surface area contributed by atoms with Crippen LogP contribution < -0.4 is 5.32 Å². The average Bonchev–Trinajstić information content (AvgIpc) is 2.09. The number of aliphatic hydroxyl groups is 1. The molecule has 0 aromatic carbocycles. The first kappa shape index (κ1) is 12.4. The fraction of sp³-hybridized carbons (Fsp3) is 0.800. The molecule has 0 aromatic rings. The van der Waals surface area contributed by atoms with Crippen molar-refractivity contribution in [1.29, 1.82) is 0 Å². The number of rotatable bonds is 7. The molecule has 0 aliphatic rings. The SMILES string of the molecule is C#CCCNCC(C)(O)CCOC. The van der Waals surface area contributed by atoms with E-state index in [2.05, 4.69) is 11.2 Å². The zero-order chi connectivity index (χ0) is 10.2. The largest absolute Gasteiger partial charge is 0.389 e. The molecule has 0 fully saturated rings. The topological polar surface area (TPSA) is 41.5 Å². The van der Waals surface area contributed by atoms with Crippen molar-refractivity contribution in [2.45, 2.75) is 25.4 Å². The van der Waals surface area contributed by atoms with Crippen LogP contribution in [0.2, 0.25) is 0 Å². The van der Waals surface area contributed by atoms with E-state index in [1.807, 2.05) is 0 Å². The van der Waals surface area contributed by atoms with E-state index in [0.717, 1.165) is 6.54 Å². The van der Waals surface area contributed by atoms with Crippen molar-refractivity contribution in [3.8, 4) is 12.3 Å². The quantitative estimate of drug-likeness (QED) is 0.445. The van der Waals surface area contributed by atoms with E-state index in [4.69, 9.17) is 11.2 Å². The van der Waals surface area contributed by atoms with E-state index in [1.165, 1.54) is 0 Å². The molecule has 1 unspecified atom stereocenters. The van der Waals surface area contributed by atoms with E-state index in [-0.39, 0.29) is 0 Å². The van der Waals surface area contributed by atoms with E-state index >= 15 is 0 Å². The lowest BCUT2D eigenvalue weighted by Crippen LogP contribution is -2.39. The second kappa shape index (κ2) is 6.90. The number of hydrogen-bond acceptors (Lipinski definition) is 3. The molecule has 0 bridgehead atoms. The minimum atomic E-state index is -0.704. The van der Waals surface area contributed by atoms with Gasteiger partial charge in [0, 0.05) is 39.6 Å². The molecule has 3 heteroatoms. The molecule has 3 nitrogen and oxygen atoms in total. The Balaban J connectivity index is 3.45. The van der Waals surface area contributed by atoms with Gasteiger partial charge in [0.05, 0.1) is 5.60 Å². The van der Waals surface area contributed by atoms with Crippen LogP contribution in [0.5, 0.6) is 0 Å². The van der Waals surface area contributed by atoms with Crippen molar-refractivity contribution >= 4 is 0 Å². The van der Waals surface area contributed by atoms with Crippen LogP contribution in [0.3, 0.4) is 0 Å². The summed E-state index contributed by atoms with van der Waals surface area (Å²) < 4.78 is 4.89. The minimum absolute atomic E-state index is 0.554. The van der Waals surface area contributed by atoms with Gasteiger partial charge >= 0.3 is 0 Å². The summed E-state index contributed by atoms with van der Waals surface area (Å²) in [6.07, 6.45) is 6.41. The van der Waals surface area contributed by atoms with Crippen LogP contribution in [0, 0.1) is 12.3 Å². The third kappa shape index (κ3) is 7.79. The van der Waals surface area contributed by atoms with Gasteiger partial charge in [0.2, 0.25) is 0 Å². The summed E-state index contributed by atoms with van der Waals surface area (Å²) in [5, 5.41) is 12.8. The normalized spacial score (nSPS) is 14.9. The Morgan fingerprint density at radius 3 is 2.85 bits per heavy atom. The average molecular weight is 185 g/mol. The minimum Gasteiger partial charge on any atom is -0.389 e. The molecule has 0 heterocycles. The molecule has 13 heavy (non-hydrogen) atoms. The second-order valence-electron chi connectivity index (χ2n) is 3.37. The summed E-state index contributed by atoms with van der Waals surface area (Å²) in [5.41, 5.74) is -0.704. The van der Waals surface area contributed by atoms with Crippen LogP contribution in [-0.2, 0) is 4.74 Å². The number of methoxy groups -OCH3 is 1. The molecule has 0 saturated heterocycles. The molecule has 0 aromatic heterocycles. The molecule has 0 aliphatic heterocycles. The molecule has 1 atom stereocenters. The van der Waals surface area contributed by atoms with Gasteiger partial charge in [-0.05, 0) is 6.92 Å².